The Labute approximate surface area is 255 Å². The molecule has 1 unspecified atom stereocenters. The molecule has 0 heterocycles. The molecule has 8 heteroatoms. The molecule has 1 aromatic rings. The molecule has 0 saturated heterocycles. The van der Waals surface area contributed by atoms with E-state index in [1.807, 2.05) is 43.5 Å². The summed E-state index contributed by atoms with van der Waals surface area (Å²) >= 11 is 0. The second-order valence-corrected chi connectivity index (χ2v) is 27.3. The van der Waals surface area contributed by atoms with Gasteiger partial charge in [0.2, 0.25) is 0 Å². The summed E-state index contributed by atoms with van der Waals surface area (Å²) in [5.74, 6) is 0.0876. The van der Waals surface area contributed by atoms with E-state index < -0.39 is 32.5 Å². The molecule has 1 aliphatic rings. The van der Waals surface area contributed by atoms with E-state index in [0.29, 0.717) is 6.61 Å². The fourth-order valence-corrected chi connectivity index (χ4v) is 9.32. The summed E-state index contributed by atoms with van der Waals surface area (Å²) in [7, 11) is -6.95. The normalized spacial score (nSPS) is 22.0. The monoisotopic (exact) mass is 623 g/mol. The van der Waals surface area contributed by atoms with Gasteiger partial charge in [0.25, 0.3) is 0 Å². The minimum atomic E-state index is -2.91. The molecule has 0 aromatic heterocycles. The number of aryl methyl sites for hydroxylation is 1. The first kappa shape index (κ1) is 36.4. The van der Waals surface area contributed by atoms with Crippen LogP contribution < -0.4 is 0 Å². The third kappa shape index (κ3) is 9.35. The second kappa shape index (κ2) is 13.5. The van der Waals surface area contributed by atoms with Gasteiger partial charge in [-0.2, -0.15) is 0 Å². The maximum absolute atomic E-state index is 15.0. The Bertz CT molecular complexity index is 1150. The SMILES string of the molecule is Cc1ccc(S(=O)(/C=C2/CCC[C@@H]2[C@H](O)[C@@H](C)O[Si](C)(C)C(C)(C)C)=N[C@@H](CO[Si](C)(C)C(C)(C)C)C(C)C)cc1. The van der Waals surface area contributed by atoms with Crippen LogP contribution in [-0.2, 0) is 18.6 Å². The van der Waals surface area contributed by atoms with Crippen LogP contribution in [0.1, 0.15) is 87.1 Å². The van der Waals surface area contributed by atoms with Crippen molar-refractivity contribution in [1.82, 2.24) is 0 Å². The van der Waals surface area contributed by atoms with Crippen LogP contribution in [0.15, 0.2) is 44.5 Å². The molecule has 0 aliphatic heterocycles. The molecule has 1 fully saturated rings. The lowest BCUT2D eigenvalue weighted by Crippen LogP contribution is -2.47. The maximum atomic E-state index is 15.0. The second-order valence-electron chi connectivity index (χ2n) is 15.6. The predicted molar refractivity (Wildman–Crippen MR) is 181 cm³/mol. The molecule has 5 atom stereocenters. The van der Waals surface area contributed by atoms with Crippen LogP contribution in [0.3, 0.4) is 0 Å². The standard InChI is InChI=1S/C33H61NO4SSi2/c1-24(2)30(22-37-40(11,12)32(5,6)7)34-39(36,28-20-18-25(3)19-21-28)23-27-16-15-17-29(27)31(35)26(4)38-41(13,14)33(8,9)10/h18-21,23-24,26,29-31,35H,15-17,22H2,1-14H3/b27-23-/t26-,29+,30+,31-,39?/m1/s1. The van der Waals surface area contributed by atoms with E-state index in [9.17, 15) is 9.32 Å². The molecule has 236 valence electrons. The summed E-state index contributed by atoms with van der Waals surface area (Å²) < 4.78 is 33.3. The number of benzene rings is 1. The number of aliphatic hydroxyl groups is 1. The highest BCUT2D eigenvalue weighted by Crippen LogP contribution is 2.41. The molecule has 41 heavy (non-hydrogen) atoms. The van der Waals surface area contributed by atoms with Gasteiger partial charge in [-0.25, -0.2) is 8.57 Å². The quantitative estimate of drug-likeness (QED) is 0.249. The minimum Gasteiger partial charge on any atom is -0.415 e. The Kier molecular flexibility index (Phi) is 12.0. The van der Waals surface area contributed by atoms with Crippen molar-refractivity contribution in [2.45, 2.75) is 148 Å². The third-order valence-corrected chi connectivity index (χ3v) is 21.0. The fraction of sp³-hybridized carbons (Fsp3) is 0.758. The van der Waals surface area contributed by atoms with Crippen molar-refractivity contribution in [3.8, 4) is 0 Å². The molecule has 1 N–H and O–H groups in total. The summed E-state index contributed by atoms with van der Waals surface area (Å²) in [5, 5.41) is 13.6. The summed E-state index contributed by atoms with van der Waals surface area (Å²) in [4.78, 5) is 0.722. The molecule has 5 nitrogen and oxygen atoms in total. The molecule has 1 aliphatic carbocycles. The van der Waals surface area contributed by atoms with Gasteiger partial charge < -0.3 is 14.0 Å². The highest BCUT2D eigenvalue weighted by molar-refractivity contribution is 7.96. The van der Waals surface area contributed by atoms with E-state index in [-0.39, 0.29) is 34.1 Å². The van der Waals surface area contributed by atoms with Crippen LogP contribution in [-0.4, -0.2) is 50.8 Å². The van der Waals surface area contributed by atoms with Crippen molar-refractivity contribution in [2.24, 2.45) is 16.2 Å². The lowest BCUT2D eigenvalue weighted by Gasteiger charge is -2.40. The largest absolute Gasteiger partial charge is 0.415 e. The topological polar surface area (TPSA) is 68.1 Å². The first-order chi connectivity index (χ1) is 18.5. The van der Waals surface area contributed by atoms with Gasteiger partial charge in [-0.15, -0.1) is 0 Å². The molecular weight excluding hydrogens is 563 g/mol. The van der Waals surface area contributed by atoms with Gasteiger partial charge in [-0.3, -0.25) is 0 Å². The van der Waals surface area contributed by atoms with E-state index in [0.717, 1.165) is 35.3 Å². The number of hydrogen-bond donors (Lipinski definition) is 1. The van der Waals surface area contributed by atoms with Crippen LogP contribution in [0.4, 0.5) is 0 Å². The van der Waals surface area contributed by atoms with E-state index in [1.54, 1.807) is 0 Å². The van der Waals surface area contributed by atoms with Gasteiger partial charge in [0, 0.05) is 11.3 Å². The molecule has 0 radical (unpaired) electrons. The Morgan fingerprint density at radius 3 is 2.02 bits per heavy atom. The van der Waals surface area contributed by atoms with E-state index in [2.05, 4.69) is 81.6 Å². The van der Waals surface area contributed by atoms with Crippen LogP contribution in [0.25, 0.3) is 0 Å². The van der Waals surface area contributed by atoms with Gasteiger partial charge in [-0.1, -0.05) is 78.7 Å². The summed E-state index contributed by atoms with van der Waals surface area (Å²) in [5.41, 5.74) is 2.17. The summed E-state index contributed by atoms with van der Waals surface area (Å²) in [6.45, 7) is 31.1. The smallest absolute Gasteiger partial charge is 0.192 e. The average molecular weight is 624 g/mol. The van der Waals surface area contributed by atoms with Crippen molar-refractivity contribution in [3.63, 3.8) is 0 Å². The van der Waals surface area contributed by atoms with Gasteiger partial charge in [0.05, 0.1) is 39.5 Å². The first-order valence-electron chi connectivity index (χ1n) is 15.5. The lowest BCUT2D eigenvalue weighted by atomic mass is 9.94. The zero-order valence-corrected chi connectivity index (χ0v) is 31.4. The van der Waals surface area contributed by atoms with Crippen molar-refractivity contribution >= 4 is 26.4 Å². The van der Waals surface area contributed by atoms with E-state index in [1.165, 1.54) is 0 Å². The Morgan fingerprint density at radius 1 is 1.00 bits per heavy atom. The molecule has 1 aromatic carbocycles. The number of rotatable bonds is 11. The fourth-order valence-electron chi connectivity index (χ4n) is 4.63. The number of aliphatic hydroxyl groups excluding tert-OH is 1. The van der Waals surface area contributed by atoms with Gasteiger partial charge in [0.1, 0.15) is 0 Å². The summed E-state index contributed by atoms with van der Waals surface area (Å²) in [6.07, 6.45) is 1.70. The molecule has 2 rings (SSSR count). The number of hydrogen-bond acceptors (Lipinski definition) is 5. The van der Waals surface area contributed by atoms with Gasteiger partial charge >= 0.3 is 0 Å². The molecule has 0 spiro atoms. The van der Waals surface area contributed by atoms with Crippen LogP contribution in [0, 0.1) is 18.8 Å². The minimum absolute atomic E-state index is 0.0618. The lowest BCUT2D eigenvalue weighted by molar-refractivity contribution is 0.0110. The van der Waals surface area contributed by atoms with Gasteiger partial charge in [-0.05, 0) is 87.4 Å². The van der Waals surface area contributed by atoms with Crippen molar-refractivity contribution in [2.75, 3.05) is 6.61 Å². The van der Waals surface area contributed by atoms with E-state index in [4.69, 9.17) is 13.2 Å². The van der Waals surface area contributed by atoms with E-state index >= 15 is 0 Å². The molecule has 0 amide bonds. The Hall–Kier alpha value is -0.776. The Balaban J connectivity index is 2.54. The summed E-state index contributed by atoms with van der Waals surface area (Å²) in [6, 6.07) is 7.72. The highest BCUT2D eigenvalue weighted by atomic mass is 32.2. The Morgan fingerprint density at radius 2 is 1.54 bits per heavy atom. The van der Waals surface area contributed by atoms with Crippen LogP contribution >= 0.6 is 0 Å². The average Bonchev–Trinajstić information content (AvgIpc) is 3.27. The van der Waals surface area contributed by atoms with Crippen LogP contribution in [0.2, 0.25) is 36.3 Å². The zero-order chi connectivity index (χ0) is 31.6. The van der Waals surface area contributed by atoms with Crippen LogP contribution in [0.5, 0.6) is 0 Å². The van der Waals surface area contributed by atoms with Crippen molar-refractivity contribution in [1.29, 1.82) is 0 Å². The van der Waals surface area contributed by atoms with Gasteiger partial charge in [0.15, 0.2) is 16.6 Å². The number of nitrogens with zero attached hydrogens (tertiary/aromatic N) is 1. The van der Waals surface area contributed by atoms with Crippen molar-refractivity contribution < 1.29 is 18.2 Å². The predicted octanol–water partition coefficient (Wildman–Crippen LogP) is 9.32. The highest BCUT2D eigenvalue weighted by Gasteiger charge is 2.42. The molecule has 0 bridgehead atoms. The van der Waals surface area contributed by atoms with Crippen molar-refractivity contribution in [3.05, 3.63) is 40.8 Å². The molecule has 1 saturated carbocycles. The first-order valence-corrected chi connectivity index (χ1v) is 22.9. The maximum Gasteiger partial charge on any atom is 0.192 e. The molecular formula is C33H61NO4SSi2. The zero-order valence-electron chi connectivity index (χ0n) is 28.6. The third-order valence-electron chi connectivity index (χ3n) is 9.79.